The van der Waals surface area contributed by atoms with Gasteiger partial charge in [-0.15, -0.1) is 0 Å². The van der Waals surface area contributed by atoms with E-state index in [1.54, 1.807) is 6.07 Å². The highest BCUT2D eigenvalue weighted by Gasteiger charge is 2.17. The van der Waals surface area contributed by atoms with Crippen LogP contribution in [0.2, 0.25) is 0 Å². The lowest BCUT2D eigenvalue weighted by Gasteiger charge is -2.09. The first-order valence-electron chi connectivity index (χ1n) is 11.0. The number of fused-ring (bicyclic) bond motifs is 2. The number of H-pyrrole nitrogens is 1. The van der Waals surface area contributed by atoms with Crippen LogP contribution in [-0.2, 0) is 6.54 Å². The summed E-state index contributed by atoms with van der Waals surface area (Å²) in [6.45, 7) is 1.51. The van der Waals surface area contributed by atoms with E-state index in [1.165, 1.54) is 0 Å². The average molecular weight is 453 g/mol. The highest BCUT2D eigenvalue weighted by Crippen LogP contribution is 2.26. The maximum Gasteiger partial charge on any atom is 0.276 e. The average Bonchev–Trinajstić information content (AvgIpc) is 3.23. The van der Waals surface area contributed by atoms with Crippen LogP contribution in [0.1, 0.15) is 10.5 Å². The first-order valence-corrected chi connectivity index (χ1v) is 11.0. The van der Waals surface area contributed by atoms with Crippen molar-refractivity contribution in [2.24, 2.45) is 0 Å². The number of hydrogen-bond donors (Lipinski definition) is 2. The lowest BCUT2D eigenvalue weighted by atomic mass is 10.0. The molecule has 8 nitrogen and oxygen atoms in total. The Hall–Kier alpha value is -4.30. The molecule has 0 radical (unpaired) electrons. The molecule has 1 amide bonds. The maximum absolute atomic E-state index is 13.1. The Morgan fingerprint density at radius 1 is 0.941 bits per heavy atom. The topological polar surface area (TPSA) is 95.9 Å². The highest BCUT2D eigenvalue weighted by atomic mass is 16.2. The molecule has 0 saturated carbocycles. The van der Waals surface area contributed by atoms with Gasteiger partial charge in [-0.1, -0.05) is 48.5 Å². The van der Waals surface area contributed by atoms with E-state index in [-0.39, 0.29) is 11.5 Å². The van der Waals surface area contributed by atoms with Crippen LogP contribution in [-0.4, -0.2) is 51.4 Å². The van der Waals surface area contributed by atoms with Crippen LogP contribution in [0.5, 0.6) is 0 Å². The third-order valence-electron chi connectivity index (χ3n) is 5.74. The molecule has 8 heteroatoms. The molecule has 170 valence electrons. The summed E-state index contributed by atoms with van der Waals surface area (Å²) in [6, 6.07) is 22.5. The minimum Gasteiger partial charge on any atom is -0.321 e. The predicted octanol–water partition coefficient (Wildman–Crippen LogP) is 3.75. The van der Waals surface area contributed by atoms with E-state index in [0.29, 0.717) is 29.0 Å². The van der Waals surface area contributed by atoms with Crippen molar-refractivity contribution in [1.29, 1.82) is 0 Å². The van der Waals surface area contributed by atoms with Gasteiger partial charge in [-0.05, 0) is 38.4 Å². The molecular formula is C26H24N6O2. The third kappa shape index (κ3) is 4.06. The second kappa shape index (κ2) is 8.92. The van der Waals surface area contributed by atoms with Crippen LogP contribution in [0.4, 0.5) is 5.69 Å². The van der Waals surface area contributed by atoms with Crippen molar-refractivity contribution in [3.8, 4) is 11.3 Å². The van der Waals surface area contributed by atoms with Crippen LogP contribution < -0.4 is 10.9 Å². The van der Waals surface area contributed by atoms with E-state index in [4.69, 9.17) is 0 Å². The number of para-hydroxylation sites is 1. The van der Waals surface area contributed by atoms with Gasteiger partial charge in [0, 0.05) is 28.6 Å². The minimum atomic E-state index is -0.264. The molecule has 0 aliphatic heterocycles. The van der Waals surface area contributed by atoms with Crippen molar-refractivity contribution in [2.75, 3.05) is 26.0 Å². The summed E-state index contributed by atoms with van der Waals surface area (Å²) in [6.07, 6.45) is 0. The molecule has 0 fully saturated rings. The molecule has 0 aliphatic rings. The first kappa shape index (κ1) is 21.5. The van der Waals surface area contributed by atoms with Crippen LogP contribution in [0.15, 0.2) is 77.6 Å². The maximum atomic E-state index is 13.1. The van der Waals surface area contributed by atoms with Gasteiger partial charge >= 0.3 is 0 Å². The van der Waals surface area contributed by atoms with Gasteiger partial charge in [0.05, 0.1) is 23.1 Å². The molecule has 0 spiro atoms. The normalized spacial score (nSPS) is 11.4. The molecular weight excluding hydrogens is 428 g/mol. The van der Waals surface area contributed by atoms with Gasteiger partial charge in [0.25, 0.3) is 11.5 Å². The van der Waals surface area contributed by atoms with Gasteiger partial charge in [-0.2, -0.15) is 10.2 Å². The van der Waals surface area contributed by atoms with Crippen molar-refractivity contribution in [1.82, 2.24) is 24.9 Å². The van der Waals surface area contributed by atoms with Crippen LogP contribution in [0.25, 0.3) is 32.9 Å². The Morgan fingerprint density at radius 2 is 1.62 bits per heavy atom. The van der Waals surface area contributed by atoms with E-state index in [1.807, 2.05) is 85.5 Å². The number of likely N-dealkylation sites (N-methyl/N-ethyl adjacent to an activating group) is 1. The van der Waals surface area contributed by atoms with Crippen LogP contribution >= 0.6 is 0 Å². The molecule has 3 aromatic carbocycles. The van der Waals surface area contributed by atoms with Crippen molar-refractivity contribution in [2.45, 2.75) is 6.54 Å². The fraction of sp³-hybridized carbons (Fsp3) is 0.154. The number of carbonyl (C=O) groups excluding carboxylic acids is 1. The Kier molecular flexibility index (Phi) is 5.65. The van der Waals surface area contributed by atoms with Gasteiger partial charge in [0.1, 0.15) is 0 Å². The Labute approximate surface area is 195 Å². The number of benzene rings is 3. The Morgan fingerprint density at radius 3 is 2.35 bits per heavy atom. The standard InChI is InChI=1S/C26H24N6O2/c1-31(2)15-16-32-22-10-6-5-9-21(22)24(30-32)26(34)27-18-13-11-17(12-14-18)23-19-7-3-4-8-20(19)25(33)29-28-23/h3-14H,15-16H2,1-2H3,(H,27,34)(H,29,33). The smallest absolute Gasteiger partial charge is 0.276 e. The zero-order valence-corrected chi connectivity index (χ0v) is 18.9. The molecule has 0 atom stereocenters. The molecule has 5 aromatic rings. The molecule has 0 unspecified atom stereocenters. The molecule has 0 bridgehead atoms. The van der Waals surface area contributed by atoms with Gasteiger partial charge < -0.3 is 10.2 Å². The summed E-state index contributed by atoms with van der Waals surface area (Å²) >= 11 is 0. The summed E-state index contributed by atoms with van der Waals surface area (Å²) in [5.41, 5.74) is 3.27. The fourth-order valence-corrected chi connectivity index (χ4v) is 4.00. The van der Waals surface area contributed by atoms with Gasteiger partial charge in [-0.3, -0.25) is 14.3 Å². The van der Waals surface area contributed by atoms with Crippen molar-refractivity contribution in [3.63, 3.8) is 0 Å². The van der Waals surface area contributed by atoms with Crippen LogP contribution in [0, 0.1) is 0 Å². The second-order valence-corrected chi connectivity index (χ2v) is 8.37. The minimum absolute atomic E-state index is 0.222. The molecule has 34 heavy (non-hydrogen) atoms. The summed E-state index contributed by atoms with van der Waals surface area (Å²) in [4.78, 5) is 27.2. The predicted molar refractivity (Wildman–Crippen MR) is 134 cm³/mol. The van der Waals surface area contributed by atoms with E-state index < -0.39 is 0 Å². The number of hydrogen-bond acceptors (Lipinski definition) is 5. The lowest BCUT2D eigenvalue weighted by molar-refractivity contribution is 0.102. The molecule has 0 saturated heterocycles. The number of aromatic amines is 1. The van der Waals surface area contributed by atoms with Crippen molar-refractivity contribution >= 4 is 33.3 Å². The van der Waals surface area contributed by atoms with E-state index >= 15 is 0 Å². The Balaban J connectivity index is 1.41. The monoisotopic (exact) mass is 452 g/mol. The second-order valence-electron chi connectivity index (χ2n) is 8.37. The van der Waals surface area contributed by atoms with E-state index in [0.717, 1.165) is 28.4 Å². The molecule has 2 heterocycles. The number of anilines is 1. The Bertz CT molecular complexity index is 1550. The zero-order chi connectivity index (χ0) is 23.7. The number of carbonyl (C=O) groups is 1. The van der Waals surface area contributed by atoms with Crippen molar-refractivity contribution < 1.29 is 4.79 Å². The summed E-state index contributed by atoms with van der Waals surface area (Å²) in [7, 11) is 4.02. The molecule has 2 N–H and O–H groups in total. The molecule has 2 aromatic heterocycles. The van der Waals surface area contributed by atoms with Crippen LogP contribution in [0.3, 0.4) is 0 Å². The number of rotatable bonds is 6. The van der Waals surface area contributed by atoms with E-state index in [2.05, 4.69) is 25.5 Å². The summed E-state index contributed by atoms with van der Waals surface area (Å²) in [5, 5.41) is 16.5. The third-order valence-corrected chi connectivity index (χ3v) is 5.74. The fourth-order valence-electron chi connectivity index (χ4n) is 4.00. The number of aromatic nitrogens is 4. The largest absolute Gasteiger partial charge is 0.321 e. The zero-order valence-electron chi connectivity index (χ0n) is 18.9. The quantitative estimate of drug-likeness (QED) is 0.409. The highest BCUT2D eigenvalue weighted by molar-refractivity contribution is 6.11. The van der Waals surface area contributed by atoms with Crippen molar-refractivity contribution in [3.05, 3.63) is 88.8 Å². The van der Waals surface area contributed by atoms with Gasteiger partial charge in [0.2, 0.25) is 0 Å². The SMILES string of the molecule is CN(C)CCn1nc(C(=O)Nc2ccc(-c3n[nH]c(=O)c4ccccc34)cc2)c2ccccc21. The number of nitrogens with one attached hydrogen (secondary N) is 2. The van der Waals surface area contributed by atoms with Gasteiger partial charge in [-0.25, -0.2) is 5.10 Å². The van der Waals surface area contributed by atoms with Gasteiger partial charge in [0.15, 0.2) is 5.69 Å². The lowest BCUT2D eigenvalue weighted by Crippen LogP contribution is -2.19. The first-order chi connectivity index (χ1) is 16.5. The summed E-state index contributed by atoms with van der Waals surface area (Å²) < 4.78 is 1.88. The molecule has 5 rings (SSSR count). The molecule has 0 aliphatic carbocycles. The number of amides is 1. The summed E-state index contributed by atoms with van der Waals surface area (Å²) in [5.74, 6) is -0.264. The van der Waals surface area contributed by atoms with E-state index in [9.17, 15) is 9.59 Å². The number of nitrogens with zero attached hydrogens (tertiary/aromatic N) is 4.